The van der Waals surface area contributed by atoms with E-state index in [1.807, 2.05) is 49.1 Å². The molecule has 3 amide bonds. The molecule has 180 valence electrons. The van der Waals surface area contributed by atoms with E-state index in [0.29, 0.717) is 35.8 Å². The number of anilines is 1. The molecule has 1 aliphatic carbocycles. The summed E-state index contributed by atoms with van der Waals surface area (Å²) in [7, 11) is 0. The number of amides is 3. The molecule has 0 bridgehead atoms. The van der Waals surface area contributed by atoms with Crippen molar-refractivity contribution in [2.75, 3.05) is 18.4 Å². The smallest absolute Gasteiger partial charge is 0.256 e. The van der Waals surface area contributed by atoms with Gasteiger partial charge in [0.15, 0.2) is 0 Å². The summed E-state index contributed by atoms with van der Waals surface area (Å²) in [6.45, 7) is 5.15. The Morgan fingerprint density at radius 3 is 2.54 bits per heavy atom. The highest BCUT2D eigenvalue weighted by molar-refractivity contribution is 6.05. The maximum Gasteiger partial charge on any atom is 0.256 e. The van der Waals surface area contributed by atoms with Crippen LogP contribution in [0.25, 0.3) is 5.69 Å². The molecule has 0 unspecified atom stereocenters. The molecule has 1 aliphatic heterocycles. The summed E-state index contributed by atoms with van der Waals surface area (Å²) < 4.78 is 1.65. The van der Waals surface area contributed by atoms with Crippen LogP contribution in [0.5, 0.6) is 0 Å². The van der Waals surface area contributed by atoms with E-state index in [1.54, 1.807) is 29.2 Å². The van der Waals surface area contributed by atoms with Crippen molar-refractivity contribution in [2.45, 2.75) is 39.2 Å². The lowest BCUT2D eigenvalue weighted by molar-refractivity contribution is -0.128. The summed E-state index contributed by atoms with van der Waals surface area (Å²) in [4.78, 5) is 39.3. The Kier molecular flexibility index (Phi) is 6.11. The zero-order valence-electron chi connectivity index (χ0n) is 20.0. The largest absolute Gasteiger partial charge is 0.352 e. The normalized spacial score (nSPS) is 17.5. The van der Waals surface area contributed by atoms with E-state index >= 15 is 0 Å². The van der Waals surface area contributed by atoms with Crippen LogP contribution in [0.3, 0.4) is 0 Å². The molecule has 5 rings (SSSR count). The number of nitrogens with one attached hydrogen (secondary N) is 2. The number of benzene rings is 2. The second-order valence-electron chi connectivity index (χ2n) is 9.55. The molecule has 2 aliphatic rings. The second-order valence-corrected chi connectivity index (χ2v) is 9.55. The SMILES string of the molecule is Cc1ccc(C(=O)Nc2cnn(-c3ccc(C(=O)NC[C@@H]4CC(=O)N(C5CC5)C4)cc3)c2)c(C)c1. The topological polar surface area (TPSA) is 96.3 Å². The first-order chi connectivity index (χ1) is 16.9. The highest BCUT2D eigenvalue weighted by Gasteiger charge is 2.39. The molecule has 1 saturated carbocycles. The van der Waals surface area contributed by atoms with Crippen LogP contribution in [0.4, 0.5) is 5.69 Å². The van der Waals surface area contributed by atoms with Gasteiger partial charge in [0.25, 0.3) is 11.8 Å². The average Bonchev–Trinajstić information content (AvgIpc) is 3.46. The van der Waals surface area contributed by atoms with Gasteiger partial charge in [-0.05, 0) is 62.6 Å². The lowest BCUT2D eigenvalue weighted by Crippen LogP contribution is -2.32. The number of hydrogen-bond donors (Lipinski definition) is 2. The Morgan fingerprint density at radius 1 is 1.06 bits per heavy atom. The maximum atomic E-state index is 12.6. The standard InChI is InChI=1S/C27H29N5O3/c1-17-3-10-24(18(2)11-17)27(35)30-21-14-29-32(16-21)23-6-4-20(5-7-23)26(34)28-13-19-12-25(33)31(15-19)22-8-9-22/h3-7,10-11,14,16,19,22H,8-9,12-13,15H2,1-2H3,(H,28,34)(H,30,35)/t19-/m0/s1. The number of hydrogen-bond acceptors (Lipinski definition) is 4. The summed E-state index contributed by atoms with van der Waals surface area (Å²) >= 11 is 0. The molecule has 3 aromatic rings. The summed E-state index contributed by atoms with van der Waals surface area (Å²) in [5.41, 5.74) is 4.56. The molecule has 0 spiro atoms. The van der Waals surface area contributed by atoms with Gasteiger partial charge in [0.2, 0.25) is 5.91 Å². The van der Waals surface area contributed by atoms with Crippen LogP contribution in [-0.4, -0.2) is 51.5 Å². The Hall–Kier alpha value is -3.94. The van der Waals surface area contributed by atoms with Crippen molar-refractivity contribution in [2.24, 2.45) is 5.92 Å². The first kappa shape index (κ1) is 22.8. The van der Waals surface area contributed by atoms with E-state index in [9.17, 15) is 14.4 Å². The lowest BCUT2D eigenvalue weighted by Gasteiger charge is -2.15. The Morgan fingerprint density at radius 2 is 1.83 bits per heavy atom. The summed E-state index contributed by atoms with van der Waals surface area (Å²) in [6, 6.07) is 13.3. The summed E-state index contributed by atoms with van der Waals surface area (Å²) in [5.74, 6) is 0.0432. The third-order valence-corrected chi connectivity index (χ3v) is 6.64. The quantitative estimate of drug-likeness (QED) is 0.551. The van der Waals surface area contributed by atoms with Gasteiger partial charge in [-0.1, -0.05) is 17.7 Å². The van der Waals surface area contributed by atoms with Crippen molar-refractivity contribution >= 4 is 23.4 Å². The third-order valence-electron chi connectivity index (χ3n) is 6.64. The van der Waals surface area contributed by atoms with Gasteiger partial charge in [0.1, 0.15) is 0 Å². The van der Waals surface area contributed by atoms with Gasteiger partial charge in [0, 0.05) is 42.6 Å². The molecule has 1 atom stereocenters. The average molecular weight is 472 g/mol. The Bertz CT molecular complexity index is 1280. The minimum absolute atomic E-state index is 0.157. The molecule has 2 aromatic carbocycles. The molecule has 35 heavy (non-hydrogen) atoms. The molecular weight excluding hydrogens is 442 g/mol. The fourth-order valence-electron chi connectivity index (χ4n) is 4.58. The Labute approximate surface area is 204 Å². The van der Waals surface area contributed by atoms with Crippen LogP contribution in [0, 0.1) is 19.8 Å². The molecule has 8 heteroatoms. The van der Waals surface area contributed by atoms with E-state index in [0.717, 1.165) is 36.2 Å². The molecule has 2 heterocycles. The van der Waals surface area contributed by atoms with Crippen molar-refractivity contribution in [3.8, 4) is 5.69 Å². The second kappa shape index (κ2) is 9.37. The van der Waals surface area contributed by atoms with Crippen molar-refractivity contribution in [1.82, 2.24) is 20.0 Å². The molecule has 1 aromatic heterocycles. The van der Waals surface area contributed by atoms with E-state index in [2.05, 4.69) is 15.7 Å². The summed E-state index contributed by atoms with van der Waals surface area (Å²) in [5, 5.41) is 10.2. The monoisotopic (exact) mass is 471 g/mol. The maximum absolute atomic E-state index is 12.6. The van der Waals surface area contributed by atoms with Crippen LogP contribution in [-0.2, 0) is 4.79 Å². The van der Waals surface area contributed by atoms with Crippen LogP contribution >= 0.6 is 0 Å². The molecule has 8 nitrogen and oxygen atoms in total. The number of carbonyl (C=O) groups is 3. The highest BCUT2D eigenvalue weighted by Crippen LogP contribution is 2.32. The van der Waals surface area contributed by atoms with Crippen LogP contribution in [0.1, 0.15) is 51.1 Å². The molecular formula is C27H29N5O3. The summed E-state index contributed by atoms with van der Waals surface area (Å²) in [6.07, 6.45) is 6.05. The van der Waals surface area contributed by atoms with Gasteiger partial charge >= 0.3 is 0 Å². The van der Waals surface area contributed by atoms with Crippen LogP contribution < -0.4 is 10.6 Å². The fraction of sp³-hybridized carbons (Fsp3) is 0.333. The van der Waals surface area contributed by atoms with Crippen molar-refractivity contribution in [3.05, 3.63) is 77.1 Å². The van der Waals surface area contributed by atoms with Crippen molar-refractivity contribution in [3.63, 3.8) is 0 Å². The minimum Gasteiger partial charge on any atom is -0.352 e. The van der Waals surface area contributed by atoms with Gasteiger partial charge in [-0.25, -0.2) is 4.68 Å². The van der Waals surface area contributed by atoms with Crippen LogP contribution in [0.15, 0.2) is 54.9 Å². The first-order valence-electron chi connectivity index (χ1n) is 12.0. The molecule has 2 N–H and O–H groups in total. The number of likely N-dealkylation sites (tertiary alicyclic amines) is 1. The van der Waals surface area contributed by atoms with Gasteiger partial charge < -0.3 is 15.5 Å². The fourth-order valence-corrected chi connectivity index (χ4v) is 4.58. The number of aryl methyl sites for hydroxylation is 2. The minimum atomic E-state index is -0.182. The van der Waals surface area contributed by atoms with Crippen molar-refractivity contribution in [1.29, 1.82) is 0 Å². The Balaban J connectivity index is 1.16. The predicted octanol–water partition coefficient (Wildman–Crippen LogP) is 3.48. The van der Waals surface area contributed by atoms with E-state index in [1.165, 1.54) is 0 Å². The number of aromatic nitrogens is 2. The predicted molar refractivity (Wildman–Crippen MR) is 133 cm³/mol. The number of nitrogens with zero attached hydrogens (tertiary/aromatic N) is 3. The van der Waals surface area contributed by atoms with E-state index in [4.69, 9.17) is 0 Å². The lowest BCUT2D eigenvalue weighted by atomic mass is 10.1. The van der Waals surface area contributed by atoms with Gasteiger partial charge in [-0.15, -0.1) is 0 Å². The van der Waals surface area contributed by atoms with Gasteiger partial charge in [-0.3, -0.25) is 14.4 Å². The zero-order chi connectivity index (χ0) is 24.5. The zero-order valence-corrected chi connectivity index (χ0v) is 20.0. The van der Waals surface area contributed by atoms with E-state index in [-0.39, 0.29) is 23.6 Å². The number of carbonyl (C=O) groups excluding carboxylic acids is 3. The molecule has 0 radical (unpaired) electrons. The van der Waals surface area contributed by atoms with E-state index < -0.39 is 0 Å². The van der Waals surface area contributed by atoms with Gasteiger partial charge in [0.05, 0.1) is 23.8 Å². The molecule has 2 fully saturated rings. The van der Waals surface area contributed by atoms with Crippen molar-refractivity contribution < 1.29 is 14.4 Å². The van der Waals surface area contributed by atoms with Gasteiger partial charge in [-0.2, -0.15) is 5.10 Å². The molecule has 1 saturated heterocycles. The van der Waals surface area contributed by atoms with Crippen LogP contribution in [0.2, 0.25) is 0 Å². The first-order valence-corrected chi connectivity index (χ1v) is 12.0. The number of rotatable bonds is 7. The highest BCUT2D eigenvalue weighted by atomic mass is 16.2. The third kappa shape index (κ3) is 5.11.